The fourth-order valence-electron chi connectivity index (χ4n) is 6.29. The maximum atomic E-state index is 13.5. The molecular formula is C30H37B5FN3O4S. The van der Waals surface area contributed by atoms with Crippen molar-refractivity contribution in [3.8, 4) is 11.1 Å². The van der Waals surface area contributed by atoms with Gasteiger partial charge in [-0.15, -0.1) is 16.4 Å². The van der Waals surface area contributed by atoms with Gasteiger partial charge in [-0.25, -0.2) is 12.8 Å². The minimum atomic E-state index is -3.15. The van der Waals surface area contributed by atoms with Gasteiger partial charge >= 0.3 is 0 Å². The summed E-state index contributed by atoms with van der Waals surface area (Å²) in [5, 5.41) is 6.41. The number of carbonyl (C=O) groups excluding carboxylic acids is 2. The predicted molar refractivity (Wildman–Crippen MR) is 189 cm³/mol. The molecule has 2 unspecified atom stereocenters. The number of hydrogen-bond acceptors (Lipinski definition) is 5. The molecule has 1 heterocycles. The van der Waals surface area contributed by atoms with Crippen molar-refractivity contribution in [1.82, 2.24) is 15.5 Å². The molecule has 2 fully saturated rings. The van der Waals surface area contributed by atoms with E-state index in [0.717, 1.165) is 17.5 Å². The lowest BCUT2D eigenvalue weighted by Gasteiger charge is -2.30. The number of halogens is 1. The van der Waals surface area contributed by atoms with E-state index in [-0.39, 0.29) is 48.3 Å². The molecule has 0 spiro atoms. The van der Waals surface area contributed by atoms with Gasteiger partial charge in [0, 0.05) is 30.6 Å². The zero-order valence-electron chi connectivity index (χ0n) is 26.2. The van der Waals surface area contributed by atoms with Crippen LogP contribution in [0.15, 0.2) is 48.5 Å². The van der Waals surface area contributed by atoms with Crippen molar-refractivity contribution in [3.63, 3.8) is 0 Å². The average molecular weight is 609 g/mol. The summed E-state index contributed by atoms with van der Waals surface area (Å²) in [6, 6.07) is 13.4. The number of amides is 2. The molecule has 3 atom stereocenters. The molecular weight excluding hydrogens is 571 g/mol. The SMILES string of the molecule is Bc1c(B)c(B)c(-c2ccc(C(=O)N[C@@H](CCNC3CC3c3ccc(F)cc3)C(=O)N3CCS(=O)(=O)CC3)cc2)c(B)c1B. The highest BCUT2D eigenvalue weighted by atomic mass is 32.2. The zero-order valence-corrected chi connectivity index (χ0v) is 27.0. The van der Waals surface area contributed by atoms with Crippen LogP contribution in [0.4, 0.5) is 4.39 Å². The third-order valence-corrected chi connectivity index (χ3v) is 11.2. The molecule has 0 radical (unpaired) electrons. The molecule has 2 N–H and O–H groups in total. The summed E-state index contributed by atoms with van der Waals surface area (Å²) in [5.74, 6) is -0.733. The smallest absolute Gasteiger partial charge is 0.251 e. The van der Waals surface area contributed by atoms with Crippen LogP contribution < -0.4 is 37.9 Å². The predicted octanol–water partition coefficient (Wildman–Crippen LogP) is -5.32. The Balaban J connectivity index is 1.27. The van der Waals surface area contributed by atoms with Gasteiger partial charge in [-0.05, 0) is 60.3 Å². The van der Waals surface area contributed by atoms with E-state index < -0.39 is 15.9 Å². The van der Waals surface area contributed by atoms with Crippen LogP contribution in [0.25, 0.3) is 11.1 Å². The molecule has 1 saturated heterocycles. The zero-order chi connectivity index (χ0) is 31.8. The molecule has 2 aliphatic rings. The fourth-order valence-corrected chi connectivity index (χ4v) is 7.49. The molecule has 5 rings (SSSR count). The number of benzene rings is 3. The minimum absolute atomic E-state index is 0.0721. The number of rotatable bonds is 9. The lowest BCUT2D eigenvalue weighted by Crippen LogP contribution is -2.55. The second kappa shape index (κ2) is 13.0. The van der Waals surface area contributed by atoms with Crippen molar-refractivity contribution in [2.75, 3.05) is 31.1 Å². The van der Waals surface area contributed by atoms with Gasteiger partial charge in [0.15, 0.2) is 9.84 Å². The maximum absolute atomic E-state index is 13.5. The van der Waals surface area contributed by atoms with Crippen LogP contribution in [0.5, 0.6) is 0 Å². The molecule has 7 nitrogen and oxygen atoms in total. The molecule has 1 saturated carbocycles. The Kier molecular flexibility index (Phi) is 9.51. The Labute approximate surface area is 264 Å². The first-order valence-corrected chi connectivity index (χ1v) is 17.1. The molecule has 1 aliphatic heterocycles. The van der Waals surface area contributed by atoms with Gasteiger partial charge in [-0.1, -0.05) is 35.2 Å². The Morgan fingerprint density at radius 3 is 2.02 bits per heavy atom. The Morgan fingerprint density at radius 2 is 1.43 bits per heavy atom. The quantitative estimate of drug-likeness (QED) is 0.237. The number of nitrogens with zero attached hydrogens (tertiary/aromatic N) is 1. The van der Waals surface area contributed by atoms with Gasteiger partial charge in [0.05, 0.1) is 11.5 Å². The van der Waals surface area contributed by atoms with E-state index in [0.29, 0.717) is 24.4 Å². The molecule has 3 aromatic carbocycles. The highest BCUT2D eigenvalue weighted by Gasteiger charge is 2.38. The van der Waals surface area contributed by atoms with Crippen LogP contribution in [0.3, 0.4) is 0 Å². The molecule has 0 bridgehead atoms. The summed E-state index contributed by atoms with van der Waals surface area (Å²) in [7, 11) is 7.52. The van der Waals surface area contributed by atoms with Gasteiger partial charge in [-0.3, -0.25) is 9.59 Å². The van der Waals surface area contributed by atoms with Crippen LogP contribution >= 0.6 is 0 Å². The number of nitrogens with one attached hydrogen (secondary N) is 2. The van der Waals surface area contributed by atoms with Crippen molar-refractivity contribution in [2.45, 2.75) is 30.8 Å². The van der Waals surface area contributed by atoms with Crippen LogP contribution in [-0.2, 0) is 14.6 Å². The van der Waals surface area contributed by atoms with Crippen molar-refractivity contribution in [1.29, 1.82) is 0 Å². The first-order chi connectivity index (χ1) is 20.9. The van der Waals surface area contributed by atoms with Gasteiger partial charge in [0.1, 0.15) is 51.1 Å². The van der Waals surface area contributed by atoms with Crippen molar-refractivity contribution in [3.05, 3.63) is 65.5 Å². The maximum Gasteiger partial charge on any atom is 0.251 e. The molecule has 14 heteroatoms. The van der Waals surface area contributed by atoms with Crippen LogP contribution in [-0.4, -0.2) is 108 Å². The monoisotopic (exact) mass is 609 g/mol. The van der Waals surface area contributed by atoms with Crippen LogP contribution in [0.1, 0.15) is 34.7 Å². The topological polar surface area (TPSA) is 95.6 Å². The highest BCUT2D eigenvalue weighted by Crippen LogP contribution is 2.40. The fraction of sp³-hybridized carbons (Fsp3) is 0.333. The molecule has 1 aliphatic carbocycles. The molecule has 0 aromatic heterocycles. The largest absolute Gasteiger partial charge is 0.340 e. The molecule has 224 valence electrons. The summed E-state index contributed by atoms with van der Waals surface area (Å²) < 4.78 is 37.2. The standard InChI is InChI=1S/C30H37B5FN3O4S/c31-24-23(25(32)27(34)28(35)26(24)33)17-1-3-18(4-2-17)29(40)38-21(30(41)39-11-13-44(42,43)14-12-39)9-10-37-22-15-20(22)16-5-7-19(36)8-6-16/h1-8,20-22,37H,9-15,31-35H2,(H,38,40)/t20?,21-,22?/m0/s1. The number of sulfone groups is 1. The third-order valence-electron chi connectivity index (χ3n) is 9.62. The Morgan fingerprint density at radius 1 is 0.864 bits per heavy atom. The van der Waals surface area contributed by atoms with Crippen molar-refractivity contribution in [2.24, 2.45) is 0 Å². The second-order valence-electron chi connectivity index (χ2n) is 12.3. The van der Waals surface area contributed by atoms with E-state index >= 15 is 0 Å². The van der Waals surface area contributed by atoms with Crippen molar-refractivity contribution >= 4 is 88.2 Å². The normalized spacial score (nSPS) is 19.7. The number of hydrogen-bond donors (Lipinski definition) is 2. The average Bonchev–Trinajstić information content (AvgIpc) is 3.78. The summed E-state index contributed by atoms with van der Waals surface area (Å²) in [5.41, 5.74) is 10.0. The molecule has 2 amide bonds. The Hall–Kier alpha value is -3.24. The van der Waals surface area contributed by atoms with Gasteiger partial charge < -0.3 is 15.5 Å². The molecule has 3 aromatic rings. The highest BCUT2D eigenvalue weighted by molar-refractivity contribution is 7.91. The van der Waals surface area contributed by atoms with Gasteiger partial charge in [0.2, 0.25) is 5.91 Å². The molecule has 44 heavy (non-hydrogen) atoms. The summed E-state index contributed by atoms with van der Waals surface area (Å²) >= 11 is 0. The van der Waals surface area contributed by atoms with E-state index in [1.807, 2.05) is 12.1 Å². The van der Waals surface area contributed by atoms with E-state index in [2.05, 4.69) is 49.9 Å². The third kappa shape index (κ3) is 7.02. The second-order valence-corrected chi connectivity index (χ2v) is 14.6. The summed E-state index contributed by atoms with van der Waals surface area (Å²) in [6.45, 7) is 0.743. The minimum Gasteiger partial charge on any atom is -0.340 e. The lowest BCUT2D eigenvalue weighted by molar-refractivity contribution is -0.133. The van der Waals surface area contributed by atoms with Gasteiger partial charge in [-0.2, -0.15) is 0 Å². The van der Waals surface area contributed by atoms with Crippen LogP contribution in [0, 0.1) is 5.82 Å². The van der Waals surface area contributed by atoms with Crippen LogP contribution in [0.2, 0.25) is 0 Å². The van der Waals surface area contributed by atoms with E-state index in [4.69, 9.17) is 0 Å². The number of carbonyl (C=O) groups is 2. The van der Waals surface area contributed by atoms with E-state index in [1.54, 1.807) is 29.2 Å². The Bertz CT molecular complexity index is 1650. The van der Waals surface area contributed by atoms with Gasteiger partial charge in [0.25, 0.3) is 5.91 Å². The van der Waals surface area contributed by atoms with Crippen molar-refractivity contribution < 1.29 is 22.4 Å². The lowest BCUT2D eigenvalue weighted by atomic mass is 9.59. The first kappa shape index (κ1) is 32.2. The van der Waals surface area contributed by atoms with E-state index in [1.165, 1.54) is 45.0 Å². The first-order valence-electron chi connectivity index (χ1n) is 15.3. The van der Waals surface area contributed by atoms with E-state index in [9.17, 15) is 22.4 Å². The summed E-state index contributed by atoms with van der Waals surface area (Å²) in [4.78, 5) is 28.5. The summed E-state index contributed by atoms with van der Waals surface area (Å²) in [6.07, 6.45) is 1.28.